The molecule has 2 heterocycles. The topological polar surface area (TPSA) is 54.5 Å². The van der Waals surface area contributed by atoms with Crippen LogP contribution in [-0.4, -0.2) is 42.1 Å². The average molecular weight is 297 g/mol. The van der Waals surface area contributed by atoms with Gasteiger partial charge in [0.1, 0.15) is 0 Å². The maximum Gasteiger partial charge on any atom is 0.255 e. The molecule has 0 bridgehead atoms. The number of morpholine rings is 1. The highest BCUT2D eigenvalue weighted by Crippen LogP contribution is 2.12. The summed E-state index contributed by atoms with van der Waals surface area (Å²) in [5.41, 5.74) is 2.50. The van der Waals surface area contributed by atoms with Gasteiger partial charge in [0.05, 0.1) is 25.1 Å². The minimum atomic E-state index is -0.114. The van der Waals surface area contributed by atoms with E-state index in [2.05, 4.69) is 21.3 Å². The Morgan fingerprint density at radius 1 is 1.23 bits per heavy atom. The van der Waals surface area contributed by atoms with Crippen LogP contribution in [0.1, 0.15) is 15.9 Å². The maximum absolute atomic E-state index is 12.3. The number of amides is 1. The van der Waals surface area contributed by atoms with Crippen molar-refractivity contribution in [1.82, 2.24) is 9.88 Å². The number of rotatable bonds is 4. The lowest BCUT2D eigenvalue weighted by Crippen LogP contribution is -2.35. The van der Waals surface area contributed by atoms with Crippen molar-refractivity contribution in [2.45, 2.75) is 6.54 Å². The van der Waals surface area contributed by atoms with Gasteiger partial charge in [-0.3, -0.25) is 14.7 Å². The van der Waals surface area contributed by atoms with E-state index in [-0.39, 0.29) is 5.91 Å². The normalized spacial score (nSPS) is 15.5. The molecule has 114 valence electrons. The molecule has 0 unspecified atom stereocenters. The molecule has 1 saturated heterocycles. The Hall–Kier alpha value is -2.24. The van der Waals surface area contributed by atoms with E-state index in [1.165, 1.54) is 0 Å². The number of anilines is 1. The van der Waals surface area contributed by atoms with Gasteiger partial charge in [0.2, 0.25) is 0 Å². The molecule has 1 amide bonds. The number of hydrogen-bond donors (Lipinski definition) is 1. The maximum atomic E-state index is 12.3. The zero-order chi connectivity index (χ0) is 15.2. The Morgan fingerprint density at radius 2 is 2.09 bits per heavy atom. The summed E-state index contributed by atoms with van der Waals surface area (Å²) >= 11 is 0. The number of hydrogen-bond acceptors (Lipinski definition) is 4. The lowest BCUT2D eigenvalue weighted by molar-refractivity contribution is 0.0342. The Kier molecular flexibility index (Phi) is 4.78. The van der Waals surface area contributed by atoms with Crippen molar-refractivity contribution >= 4 is 11.6 Å². The number of carbonyl (C=O) groups is 1. The van der Waals surface area contributed by atoms with Gasteiger partial charge < -0.3 is 10.1 Å². The average Bonchev–Trinajstić information content (AvgIpc) is 2.57. The van der Waals surface area contributed by atoms with E-state index < -0.39 is 0 Å². The van der Waals surface area contributed by atoms with Gasteiger partial charge in [0.25, 0.3) is 5.91 Å². The SMILES string of the molecule is O=C(Nc1cccnc1)c1cccc(CN2CCOCC2)c1. The smallest absolute Gasteiger partial charge is 0.255 e. The van der Waals surface area contributed by atoms with Gasteiger partial charge in [-0.1, -0.05) is 12.1 Å². The minimum Gasteiger partial charge on any atom is -0.379 e. The molecule has 1 aliphatic rings. The predicted octanol–water partition coefficient (Wildman–Crippen LogP) is 2.17. The molecular formula is C17H19N3O2. The van der Waals surface area contributed by atoms with Crippen LogP contribution in [0.25, 0.3) is 0 Å². The lowest BCUT2D eigenvalue weighted by atomic mass is 10.1. The van der Waals surface area contributed by atoms with Crippen molar-refractivity contribution in [1.29, 1.82) is 0 Å². The van der Waals surface area contributed by atoms with Crippen LogP contribution in [0.3, 0.4) is 0 Å². The fourth-order valence-electron chi connectivity index (χ4n) is 2.47. The van der Waals surface area contributed by atoms with Crippen molar-refractivity contribution in [2.75, 3.05) is 31.6 Å². The third-order valence-electron chi connectivity index (χ3n) is 3.62. The van der Waals surface area contributed by atoms with Crippen molar-refractivity contribution in [3.63, 3.8) is 0 Å². The molecule has 2 aromatic rings. The van der Waals surface area contributed by atoms with Crippen molar-refractivity contribution in [3.8, 4) is 0 Å². The van der Waals surface area contributed by atoms with Crippen LogP contribution in [0.15, 0.2) is 48.8 Å². The molecule has 0 spiro atoms. The van der Waals surface area contributed by atoms with Crippen LogP contribution in [0.5, 0.6) is 0 Å². The number of pyridine rings is 1. The minimum absolute atomic E-state index is 0.114. The summed E-state index contributed by atoms with van der Waals surface area (Å²) < 4.78 is 5.35. The Morgan fingerprint density at radius 3 is 2.86 bits per heavy atom. The molecular weight excluding hydrogens is 278 g/mol. The molecule has 5 heteroatoms. The Labute approximate surface area is 129 Å². The second-order valence-corrected chi connectivity index (χ2v) is 5.28. The van der Waals surface area contributed by atoms with Crippen molar-refractivity contribution in [2.24, 2.45) is 0 Å². The molecule has 5 nitrogen and oxygen atoms in total. The first-order valence-corrected chi connectivity index (χ1v) is 7.42. The van der Waals surface area contributed by atoms with Gasteiger partial charge in [-0.2, -0.15) is 0 Å². The van der Waals surface area contributed by atoms with Crippen molar-refractivity contribution in [3.05, 3.63) is 59.9 Å². The number of benzene rings is 1. The first-order valence-electron chi connectivity index (χ1n) is 7.42. The molecule has 0 atom stereocenters. The van der Waals surface area contributed by atoms with E-state index in [1.807, 2.05) is 24.3 Å². The molecule has 1 aromatic heterocycles. The highest BCUT2D eigenvalue weighted by molar-refractivity contribution is 6.04. The molecule has 1 fully saturated rings. The zero-order valence-corrected chi connectivity index (χ0v) is 12.4. The van der Waals surface area contributed by atoms with E-state index in [1.54, 1.807) is 18.5 Å². The summed E-state index contributed by atoms with van der Waals surface area (Å²) in [6.45, 7) is 4.28. The second-order valence-electron chi connectivity index (χ2n) is 5.28. The standard InChI is InChI=1S/C17H19N3O2/c21-17(19-16-5-2-6-18-12-16)15-4-1-3-14(11-15)13-20-7-9-22-10-8-20/h1-6,11-12H,7-10,13H2,(H,19,21). The predicted molar refractivity (Wildman–Crippen MR) is 84.7 cm³/mol. The van der Waals surface area contributed by atoms with E-state index in [0.29, 0.717) is 11.3 Å². The largest absolute Gasteiger partial charge is 0.379 e. The summed E-state index contributed by atoms with van der Waals surface area (Å²) in [6, 6.07) is 11.4. The molecule has 1 aromatic carbocycles. The van der Waals surface area contributed by atoms with Crippen LogP contribution in [-0.2, 0) is 11.3 Å². The Bertz CT molecular complexity index is 625. The summed E-state index contributed by atoms with van der Waals surface area (Å²) in [7, 11) is 0. The highest BCUT2D eigenvalue weighted by Gasteiger charge is 2.12. The zero-order valence-electron chi connectivity index (χ0n) is 12.4. The molecule has 22 heavy (non-hydrogen) atoms. The monoisotopic (exact) mass is 297 g/mol. The highest BCUT2D eigenvalue weighted by atomic mass is 16.5. The van der Waals surface area contributed by atoms with Crippen molar-refractivity contribution < 1.29 is 9.53 Å². The van der Waals surface area contributed by atoms with Crippen LogP contribution in [0.2, 0.25) is 0 Å². The molecule has 1 aliphatic heterocycles. The van der Waals surface area contributed by atoms with Gasteiger partial charge in [-0.15, -0.1) is 0 Å². The fraction of sp³-hybridized carbons (Fsp3) is 0.294. The summed E-state index contributed by atoms with van der Waals surface area (Å²) in [5, 5.41) is 2.85. The summed E-state index contributed by atoms with van der Waals surface area (Å²) in [6.07, 6.45) is 3.31. The number of nitrogens with zero attached hydrogens (tertiary/aromatic N) is 2. The van der Waals surface area contributed by atoms with Gasteiger partial charge >= 0.3 is 0 Å². The lowest BCUT2D eigenvalue weighted by Gasteiger charge is -2.26. The quantitative estimate of drug-likeness (QED) is 0.939. The fourth-order valence-corrected chi connectivity index (χ4v) is 2.47. The van der Waals surface area contributed by atoms with E-state index in [9.17, 15) is 4.79 Å². The van der Waals surface area contributed by atoms with Crippen LogP contribution >= 0.6 is 0 Å². The van der Waals surface area contributed by atoms with E-state index in [4.69, 9.17) is 4.74 Å². The Balaban J connectivity index is 1.66. The van der Waals surface area contributed by atoms with Crippen LogP contribution in [0.4, 0.5) is 5.69 Å². The number of ether oxygens (including phenoxy) is 1. The van der Waals surface area contributed by atoms with Gasteiger partial charge in [0, 0.05) is 31.4 Å². The molecule has 0 radical (unpaired) electrons. The molecule has 1 N–H and O–H groups in total. The molecule has 0 saturated carbocycles. The van der Waals surface area contributed by atoms with Crippen LogP contribution in [0, 0.1) is 0 Å². The van der Waals surface area contributed by atoms with Gasteiger partial charge in [-0.25, -0.2) is 0 Å². The molecule has 0 aliphatic carbocycles. The van der Waals surface area contributed by atoms with E-state index in [0.717, 1.165) is 38.4 Å². The number of nitrogens with one attached hydrogen (secondary N) is 1. The third-order valence-corrected chi connectivity index (χ3v) is 3.62. The summed E-state index contributed by atoms with van der Waals surface area (Å²) in [4.78, 5) is 18.6. The van der Waals surface area contributed by atoms with E-state index >= 15 is 0 Å². The first-order chi connectivity index (χ1) is 10.8. The second kappa shape index (κ2) is 7.15. The van der Waals surface area contributed by atoms with Gasteiger partial charge in [-0.05, 0) is 29.8 Å². The first kappa shape index (κ1) is 14.7. The third kappa shape index (κ3) is 3.90. The van der Waals surface area contributed by atoms with Gasteiger partial charge in [0.15, 0.2) is 0 Å². The number of aromatic nitrogens is 1. The molecule has 3 rings (SSSR count). The van der Waals surface area contributed by atoms with Crippen LogP contribution < -0.4 is 5.32 Å². The number of carbonyl (C=O) groups excluding carboxylic acids is 1. The summed E-state index contributed by atoms with van der Waals surface area (Å²) in [5.74, 6) is -0.114.